The standard InChI is InChI=1S/C30H26ClNO2/c31-27-13-6-4-12-26(27)28-14-8-20-32(28)30(33)24-18-16-23(17-19-24)25-11-5-7-15-29(25)34-21-22-9-2-1-3-10-22/h1-7,9-13,15-19,28H,8,14,20-21H2/t28-/m1/s1. The van der Waals surface area contributed by atoms with Crippen LogP contribution in [0.1, 0.15) is 40.4 Å². The van der Waals surface area contributed by atoms with Crippen LogP contribution in [0, 0.1) is 0 Å². The maximum absolute atomic E-state index is 13.4. The summed E-state index contributed by atoms with van der Waals surface area (Å²) < 4.78 is 6.12. The van der Waals surface area contributed by atoms with Crippen molar-refractivity contribution in [3.63, 3.8) is 0 Å². The quantitative estimate of drug-likeness (QED) is 0.292. The molecule has 4 aromatic rings. The molecule has 4 heteroatoms. The SMILES string of the molecule is O=C(c1ccc(-c2ccccc2OCc2ccccc2)cc1)N1CCC[C@@H]1c1ccccc1Cl. The van der Waals surface area contributed by atoms with Gasteiger partial charge < -0.3 is 9.64 Å². The van der Waals surface area contributed by atoms with Gasteiger partial charge >= 0.3 is 0 Å². The Labute approximate surface area is 205 Å². The Morgan fingerprint density at radius 3 is 2.35 bits per heavy atom. The van der Waals surface area contributed by atoms with Gasteiger partial charge in [-0.25, -0.2) is 0 Å². The van der Waals surface area contributed by atoms with Crippen LogP contribution in [0.4, 0.5) is 0 Å². The predicted molar refractivity (Wildman–Crippen MR) is 137 cm³/mol. The Bertz CT molecular complexity index is 1270. The van der Waals surface area contributed by atoms with Crippen LogP contribution < -0.4 is 4.74 Å². The molecule has 34 heavy (non-hydrogen) atoms. The van der Waals surface area contributed by atoms with Crippen molar-refractivity contribution in [1.29, 1.82) is 0 Å². The molecule has 4 aromatic carbocycles. The van der Waals surface area contributed by atoms with Crippen LogP contribution in [0.25, 0.3) is 11.1 Å². The first-order valence-corrected chi connectivity index (χ1v) is 12.0. The van der Waals surface area contributed by atoms with Crippen LogP contribution in [-0.4, -0.2) is 17.4 Å². The van der Waals surface area contributed by atoms with E-state index in [0.29, 0.717) is 12.2 Å². The van der Waals surface area contributed by atoms with E-state index in [9.17, 15) is 4.79 Å². The number of amides is 1. The second-order valence-electron chi connectivity index (χ2n) is 8.53. The van der Waals surface area contributed by atoms with Gasteiger partial charge in [-0.2, -0.15) is 0 Å². The first kappa shape index (κ1) is 22.2. The van der Waals surface area contributed by atoms with E-state index in [2.05, 4.69) is 12.1 Å². The van der Waals surface area contributed by atoms with Gasteiger partial charge in [-0.15, -0.1) is 0 Å². The molecule has 0 N–H and O–H groups in total. The van der Waals surface area contributed by atoms with Crippen molar-refractivity contribution in [2.75, 3.05) is 6.54 Å². The molecule has 1 fully saturated rings. The summed E-state index contributed by atoms with van der Waals surface area (Å²) >= 11 is 6.44. The van der Waals surface area contributed by atoms with Gasteiger partial charge in [0.15, 0.2) is 0 Å². The van der Waals surface area contributed by atoms with Crippen LogP contribution >= 0.6 is 11.6 Å². The summed E-state index contributed by atoms with van der Waals surface area (Å²) in [6.45, 7) is 1.25. The smallest absolute Gasteiger partial charge is 0.254 e. The second kappa shape index (κ2) is 10.1. The van der Waals surface area contributed by atoms with Gasteiger partial charge in [0.2, 0.25) is 0 Å². The van der Waals surface area contributed by atoms with Crippen LogP contribution in [0.3, 0.4) is 0 Å². The number of hydrogen-bond donors (Lipinski definition) is 0. The van der Waals surface area contributed by atoms with E-state index < -0.39 is 0 Å². The number of halogens is 1. The van der Waals surface area contributed by atoms with Crippen molar-refractivity contribution < 1.29 is 9.53 Å². The number of para-hydroxylation sites is 1. The summed E-state index contributed by atoms with van der Waals surface area (Å²) in [5.41, 5.74) is 4.86. The Kier molecular flexibility index (Phi) is 6.64. The van der Waals surface area contributed by atoms with E-state index in [-0.39, 0.29) is 11.9 Å². The van der Waals surface area contributed by atoms with Gasteiger partial charge in [0.05, 0.1) is 6.04 Å². The first-order chi connectivity index (χ1) is 16.7. The summed E-state index contributed by atoms with van der Waals surface area (Å²) in [6.07, 6.45) is 1.91. The van der Waals surface area contributed by atoms with Crippen molar-refractivity contribution in [2.45, 2.75) is 25.5 Å². The molecule has 0 saturated carbocycles. The molecule has 0 unspecified atom stereocenters. The second-order valence-corrected chi connectivity index (χ2v) is 8.93. The molecule has 1 amide bonds. The maximum Gasteiger partial charge on any atom is 0.254 e. The Hall–Kier alpha value is -3.56. The molecule has 0 radical (unpaired) electrons. The highest BCUT2D eigenvalue weighted by Crippen LogP contribution is 2.37. The highest BCUT2D eigenvalue weighted by molar-refractivity contribution is 6.31. The molecule has 3 nitrogen and oxygen atoms in total. The Morgan fingerprint density at radius 1 is 0.853 bits per heavy atom. The van der Waals surface area contributed by atoms with Crippen molar-refractivity contribution in [3.05, 3.63) is 125 Å². The number of ether oxygens (including phenoxy) is 1. The fourth-order valence-electron chi connectivity index (χ4n) is 4.60. The summed E-state index contributed by atoms with van der Waals surface area (Å²) in [4.78, 5) is 15.3. The summed E-state index contributed by atoms with van der Waals surface area (Å²) in [5, 5.41) is 0.717. The number of hydrogen-bond acceptors (Lipinski definition) is 2. The lowest BCUT2D eigenvalue weighted by atomic mass is 10.0. The van der Waals surface area contributed by atoms with Crippen LogP contribution in [0.15, 0.2) is 103 Å². The largest absolute Gasteiger partial charge is 0.488 e. The Morgan fingerprint density at radius 2 is 1.56 bits per heavy atom. The number of carbonyl (C=O) groups is 1. The molecule has 1 atom stereocenters. The number of likely N-dealkylation sites (tertiary alicyclic amines) is 1. The number of carbonyl (C=O) groups excluding carboxylic acids is 1. The molecule has 1 heterocycles. The molecule has 0 bridgehead atoms. The number of nitrogens with zero attached hydrogens (tertiary/aromatic N) is 1. The highest BCUT2D eigenvalue weighted by atomic mass is 35.5. The van der Waals surface area contributed by atoms with Gasteiger partial charge in [0.25, 0.3) is 5.91 Å². The van der Waals surface area contributed by atoms with Crippen LogP contribution in [0.2, 0.25) is 5.02 Å². The molecule has 1 saturated heterocycles. The molecule has 1 aliphatic rings. The fraction of sp³-hybridized carbons (Fsp3) is 0.167. The van der Waals surface area contributed by atoms with Gasteiger partial charge in [-0.3, -0.25) is 4.79 Å². The molecule has 0 aliphatic carbocycles. The summed E-state index contributed by atoms with van der Waals surface area (Å²) in [5.74, 6) is 0.867. The van der Waals surface area contributed by atoms with Crippen molar-refractivity contribution in [2.24, 2.45) is 0 Å². The van der Waals surface area contributed by atoms with E-state index in [1.807, 2.05) is 95.9 Å². The van der Waals surface area contributed by atoms with Gasteiger partial charge in [0, 0.05) is 22.7 Å². The van der Waals surface area contributed by atoms with Gasteiger partial charge in [0.1, 0.15) is 12.4 Å². The highest BCUT2D eigenvalue weighted by Gasteiger charge is 2.31. The molecule has 1 aliphatic heterocycles. The van der Waals surface area contributed by atoms with Crippen molar-refractivity contribution in [1.82, 2.24) is 4.90 Å². The zero-order chi connectivity index (χ0) is 23.3. The topological polar surface area (TPSA) is 29.5 Å². The fourth-order valence-corrected chi connectivity index (χ4v) is 4.86. The number of rotatable bonds is 6. The molecular weight excluding hydrogens is 442 g/mol. The summed E-state index contributed by atoms with van der Waals surface area (Å²) in [6, 6.07) is 33.8. The lowest BCUT2D eigenvalue weighted by Gasteiger charge is -2.26. The van der Waals surface area contributed by atoms with Crippen molar-refractivity contribution in [3.8, 4) is 16.9 Å². The minimum atomic E-state index is 0.0213. The third kappa shape index (κ3) is 4.71. The van der Waals surface area contributed by atoms with Gasteiger partial charge in [-0.1, -0.05) is 90.5 Å². The lowest BCUT2D eigenvalue weighted by Crippen LogP contribution is -2.30. The number of benzene rings is 4. The van der Waals surface area contributed by atoms with E-state index in [1.54, 1.807) is 0 Å². The average molecular weight is 468 g/mol. The minimum absolute atomic E-state index is 0.0213. The van der Waals surface area contributed by atoms with Crippen molar-refractivity contribution >= 4 is 17.5 Å². The molecular formula is C30H26ClNO2. The lowest BCUT2D eigenvalue weighted by molar-refractivity contribution is 0.0736. The first-order valence-electron chi connectivity index (χ1n) is 11.6. The van der Waals surface area contributed by atoms with E-state index >= 15 is 0 Å². The van der Waals surface area contributed by atoms with Crippen LogP contribution in [0.5, 0.6) is 5.75 Å². The zero-order valence-electron chi connectivity index (χ0n) is 18.9. The predicted octanol–water partition coefficient (Wildman–Crippen LogP) is 7.56. The molecule has 0 spiro atoms. The summed E-state index contributed by atoms with van der Waals surface area (Å²) in [7, 11) is 0. The van der Waals surface area contributed by atoms with Crippen LogP contribution in [-0.2, 0) is 6.61 Å². The maximum atomic E-state index is 13.4. The third-order valence-electron chi connectivity index (χ3n) is 6.34. The minimum Gasteiger partial charge on any atom is -0.488 e. The molecule has 0 aromatic heterocycles. The zero-order valence-corrected chi connectivity index (χ0v) is 19.6. The normalized spacial score (nSPS) is 15.3. The molecule has 5 rings (SSSR count). The third-order valence-corrected chi connectivity index (χ3v) is 6.69. The van der Waals surface area contributed by atoms with E-state index in [0.717, 1.165) is 52.4 Å². The average Bonchev–Trinajstić information content (AvgIpc) is 3.38. The Balaban J connectivity index is 1.34. The van der Waals surface area contributed by atoms with E-state index in [1.165, 1.54) is 0 Å². The molecule has 170 valence electrons. The van der Waals surface area contributed by atoms with E-state index in [4.69, 9.17) is 16.3 Å². The van der Waals surface area contributed by atoms with Gasteiger partial charge in [-0.05, 0) is 53.8 Å². The monoisotopic (exact) mass is 467 g/mol.